The summed E-state index contributed by atoms with van der Waals surface area (Å²) in [5.74, 6) is -1.79. The monoisotopic (exact) mass is 326 g/mol. The maximum absolute atomic E-state index is 12.6. The van der Waals surface area contributed by atoms with Crippen LogP contribution >= 0.6 is 0 Å². The van der Waals surface area contributed by atoms with Gasteiger partial charge >= 0.3 is 12.1 Å². The number of aromatic hydroxyl groups is 1. The van der Waals surface area contributed by atoms with Gasteiger partial charge in [-0.2, -0.15) is 13.2 Å². The van der Waals surface area contributed by atoms with Crippen molar-refractivity contribution in [2.45, 2.75) is 19.0 Å². The minimum absolute atomic E-state index is 0.00889. The van der Waals surface area contributed by atoms with Crippen LogP contribution in [-0.4, -0.2) is 11.1 Å². The van der Waals surface area contributed by atoms with Crippen molar-refractivity contribution in [2.24, 2.45) is 0 Å². The second-order valence-corrected chi connectivity index (χ2v) is 4.74. The van der Waals surface area contributed by atoms with Crippen molar-refractivity contribution < 1.29 is 32.8 Å². The average Bonchev–Trinajstić information content (AvgIpc) is 2.50. The molecule has 0 spiro atoms. The van der Waals surface area contributed by atoms with E-state index in [1.165, 1.54) is 0 Å². The molecule has 2 aromatic rings. The third kappa shape index (κ3) is 5.21. The van der Waals surface area contributed by atoms with Crippen LogP contribution in [-0.2, 0) is 22.3 Å². The number of carbonyl (C=O) groups excluding carboxylic acids is 1. The molecular weight excluding hydrogens is 313 g/mol. The third-order valence-corrected chi connectivity index (χ3v) is 2.91. The van der Waals surface area contributed by atoms with Crippen molar-refractivity contribution >= 4 is 5.97 Å². The number of hydrogen-bond donors (Lipinski definition) is 1. The average molecular weight is 326 g/mol. The maximum atomic E-state index is 12.6. The van der Waals surface area contributed by atoms with Gasteiger partial charge < -0.3 is 5.11 Å². The van der Waals surface area contributed by atoms with E-state index in [0.29, 0.717) is 18.6 Å². The minimum atomic E-state index is -4.64. The van der Waals surface area contributed by atoms with Gasteiger partial charge in [0.15, 0.2) is 5.75 Å². The van der Waals surface area contributed by atoms with Gasteiger partial charge in [-0.1, -0.05) is 30.3 Å². The highest BCUT2D eigenvalue weighted by atomic mass is 19.4. The molecule has 0 heterocycles. The van der Waals surface area contributed by atoms with Crippen LogP contribution in [0.15, 0.2) is 48.5 Å². The molecule has 0 aliphatic carbocycles. The molecule has 122 valence electrons. The molecular formula is C16H13F3O4. The fourth-order valence-corrected chi connectivity index (χ4v) is 1.82. The van der Waals surface area contributed by atoms with Crippen molar-refractivity contribution in [2.75, 3.05) is 0 Å². The van der Waals surface area contributed by atoms with Crippen LogP contribution in [0.1, 0.15) is 17.5 Å². The number of carbonyl (C=O) groups is 1. The van der Waals surface area contributed by atoms with Crippen LogP contribution in [0.2, 0.25) is 0 Å². The van der Waals surface area contributed by atoms with E-state index in [1.807, 2.05) is 30.3 Å². The summed E-state index contributed by atoms with van der Waals surface area (Å²) in [4.78, 5) is 20.5. The number of aryl methyl sites for hydroxylation is 1. The molecule has 0 amide bonds. The van der Waals surface area contributed by atoms with Gasteiger partial charge in [-0.15, -0.1) is 0 Å². The standard InChI is InChI=1S/C16H13F3O4/c17-16(18,19)12-8-13(20)10-14(9-12)22-23-15(21)7-6-11-4-2-1-3-5-11/h1-5,8-10,20H,6-7H2. The smallest absolute Gasteiger partial charge is 0.416 e. The Bertz CT molecular complexity index is 669. The van der Waals surface area contributed by atoms with Crippen molar-refractivity contribution in [3.63, 3.8) is 0 Å². The maximum Gasteiger partial charge on any atom is 0.416 e. The van der Waals surface area contributed by atoms with Crippen LogP contribution in [0.5, 0.6) is 11.5 Å². The number of phenols is 1. The van der Waals surface area contributed by atoms with E-state index >= 15 is 0 Å². The minimum Gasteiger partial charge on any atom is -0.508 e. The highest BCUT2D eigenvalue weighted by Gasteiger charge is 2.31. The molecule has 0 aliphatic heterocycles. The first-order chi connectivity index (χ1) is 10.8. The lowest BCUT2D eigenvalue weighted by molar-refractivity contribution is -0.213. The number of hydrogen-bond acceptors (Lipinski definition) is 4. The molecule has 0 aliphatic rings. The van der Waals surface area contributed by atoms with Crippen LogP contribution < -0.4 is 4.89 Å². The van der Waals surface area contributed by atoms with Crippen molar-refractivity contribution in [3.8, 4) is 11.5 Å². The van der Waals surface area contributed by atoms with Crippen molar-refractivity contribution in [1.82, 2.24) is 0 Å². The zero-order valence-corrected chi connectivity index (χ0v) is 11.8. The molecule has 23 heavy (non-hydrogen) atoms. The molecule has 0 radical (unpaired) electrons. The normalized spacial score (nSPS) is 11.1. The van der Waals surface area contributed by atoms with E-state index in [4.69, 9.17) is 0 Å². The Morgan fingerprint density at radius 2 is 1.78 bits per heavy atom. The summed E-state index contributed by atoms with van der Waals surface area (Å²) in [7, 11) is 0. The summed E-state index contributed by atoms with van der Waals surface area (Å²) in [6.45, 7) is 0. The first-order valence-corrected chi connectivity index (χ1v) is 6.67. The fraction of sp³-hybridized carbons (Fsp3) is 0.188. The van der Waals surface area contributed by atoms with E-state index in [1.54, 1.807) is 0 Å². The summed E-state index contributed by atoms with van der Waals surface area (Å²) in [6, 6.07) is 11.2. The lowest BCUT2D eigenvalue weighted by Crippen LogP contribution is -2.10. The molecule has 4 nitrogen and oxygen atoms in total. The van der Waals surface area contributed by atoms with Gasteiger partial charge in [0.1, 0.15) is 5.75 Å². The largest absolute Gasteiger partial charge is 0.508 e. The highest BCUT2D eigenvalue weighted by Crippen LogP contribution is 2.34. The van der Waals surface area contributed by atoms with Gasteiger partial charge in [0.2, 0.25) is 0 Å². The van der Waals surface area contributed by atoms with Gasteiger partial charge in [0.25, 0.3) is 0 Å². The molecule has 2 rings (SSSR count). The summed E-state index contributed by atoms with van der Waals surface area (Å²) in [5, 5.41) is 9.25. The van der Waals surface area contributed by atoms with E-state index in [9.17, 15) is 23.1 Å². The summed E-state index contributed by atoms with van der Waals surface area (Å²) in [6.07, 6.45) is -4.22. The van der Waals surface area contributed by atoms with E-state index < -0.39 is 29.2 Å². The van der Waals surface area contributed by atoms with Crippen LogP contribution in [0.4, 0.5) is 13.2 Å². The molecule has 0 atom stereocenters. The van der Waals surface area contributed by atoms with Crippen LogP contribution in [0.25, 0.3) is 0 Å². The SMILES string of the molecule is O=C(CCc1ccccc1)OOc1cc(O)cc(C(F)(F)F)c1. The van der Waals surface area contributed by atoms with Gasteiger partial charge in [-0.05, 0) is 24.1 Å². The number of alkyl halides is 3. The van der Waals surface area contributed by atoms with Crippen molar-refractivity contribution in [3.05, 3.63) is 59.7 Å². The second-order valence-electron chi connectivity index (χ2n) is 4.74. The molecule has 0 unspecified atom stereocenters. The van der Waals surface area contributed by atoms with E-state index in [0.717, 1.165) is 11.6 Å². The van der Waals surface area contributed by atoms with Crippen LogP contribution in [0, 0.1) is 0 Å². The zero-order chi connectivity index (χ0) is 16.9. The van der Waals surface area contributed by atoms with Gasteiger partial charge in [0.05, 0.1) is 12.0 Å². The summed E-state index contributed by atoms with van der Waals surface area (Å²) < 4.78 is 37.7. The first kappa shape index (κ1) is 16.7. The summed E-state index contributed by atoms with van der Waals surface area (Å²) >= 11 is 0. The molecule has 2 aromatic carbocycles. The Hall–Kier alpha value is -2.70. The Morgan fingerprint density at radius 3 is 2.43 bits per heavy atom. The molecule has 7 heteroatoms. The van der Waals surface area contributed by atoms with E-state index in [2.05, 4.69) is 9.78 Å². The highest BCUT2D eigenvalue weighted by molar-refractivity contribution is 5.69. The summed E-state index contributed by atoms with van der Waals surface area (Å²) in [5.41, 5.74) is -0.186. The quantitative estimate of drug-likeness (QED) is 0.669. The first-order valence-electron chi connectivity index (χ1n) is 6.67. The Kier molecular flexibility index (Phi) is 5.10. The molecule has 0 saturated carbocycles. The molecule has 0 bridgehead atoms. The predicted molar refractivity (Wildman–Crippen MR) is 74.6 cm³/mol. The molecule has 0 aromatic heterocycles. The number of phenolic OH excluding ortho intramolecular Hbond substituents is 1. The Balaban J connectivity index is 1.90. The molecule has 0 saturated heterocycles. The lowest BCUT2D eigenvalue weighted by Gasteiger charge is -2.10. The Labute approximate surface area is 130 Å². The zero-order valence-electron chi connectivity index (χ0n) is 11.8. The second kappa shape index (κ2) is 7.04. The van der Waals surface area contributed by atoms with Gasteiger partial charge in [0, 0.05) is 6.07 Å². The number of rotatable bonds is 5. The van der Waals surface area contributed by atoms with E-state index in [-0.39, 0.29) is 6.42 Å². The Morgan fingerprint density at radius 1 is 1.09 bits per heavy atom. The molecule has 1 N–H and O–H groups in total. The van der Waals surface area contributed by atoms with Gasteiger partial charge in [-0.3, -0.25) is 9.78 Å². The fourth-order valence-electron chi connectivity index (χ4n) is 1.82. The number of benzene rings is 2. The predicted octanol–water partition coefficient (Wildman–Crippen LogP) is 3.88. The number of halogens is 3. The van der Waals surface area contributed by atoms with Crippen molar-refractivity contribution in [1.29, 1.82) is 0 Å². The molecule has 0 fully saturated rings. The lowest BCUT2D eigenvalue weighted by atomic mass is 10.1. The van der Waals surface area contributed by atoms with Gasteiger partial charge in [-0.25, -0.2) is 4.79 Å². The van der Waals surface area contributed by atoms with Crippen LogP contribution in [0.3, 0.4) is 0 Å². The third-order valence-electron chi connectivity index (χ3n) is 2.91. The topological polar surface area (TPSA) is 55.8 Å².